The Morgan fingerprint density at radius 3 is 2.33 bits per heavy atom. The Balaban J connectivity index is 2.14. The Kier molecular flexibility index (Phi) is 2.54. The lowest BCUT2D eigenvalue weighted by atomic mass is 9.92. The van der Waals surface area contributed by atoms with Crippen LogP contribution in [0.15, 0.2) is 0 Å². The normalized spacial score (nSPS) is 27.5. The predicted octanol–water partition coefficient (Wildman–Crippen LogP) is 0.523. The van der Waals surface area contributed by atoms with Crippen LogP contribution in [0.2, 0.25) is 0 Å². The highest BCUT2D eigenvalue weighted by Gasteiger charge is 2.47. The first-order valence-corrected chi connectivity index (χ1v) is 5.59. The maximum absolute atomic E-state index is 12.0. The number of nitrogens with zero attached hydrogens (tertiary/aromatic N) is 1. The second-order valence-electron chi connectivity index (χ2n) is 5.11. The molecule has 2 rings (SSSR count). The quantitative estimate of drug-likeness (QED) is 0.642. The zero-order chi connectivity index (χ0) is 11.1. The molecule has 0 bridgehead atoms. The van der Waals surface area contributed by atoms with Crippen LogP contribution in [0.5, 0.6) is 0 Å². The number of imide groups is 1. The highest BCUT2D eigenvalue weighted by Crippen LogP contribution is 2.34. The molecule has 2 fully saturated rings. The minimum atomic E-state index is -0.484. The fourth-order valence-electron chi connectivity index (χ4n) is 2.41. The summed E-state index contributed by atoms with van der Waals surface area (Å²) in [6.45, 7) is 5.52. The van der Waals surface area contributed by atoms with Crippen molar-refractivity contribution in [1.29, 1.82) is 0 Å². The molecule has 2 aliphatic rings. The summed E-state index contributed by atoms with van der Waals surface area (Å²) in [6, 6.07) is 0.132. The van der Waals surface area contributed by atoms with E-state index in [0.717, 1.165) is 25.9 Å². The summed E-state index contributed by atoms with van der Waals surface area (Å²) in [5.41, 5.74) is -0.484. The van der Waals surface area contributed by atoms with Crippen LogP contribution in [0.25, 0.3) is 0 Å². The van der Waals surface area contributed by atoms with Crippen molar-refractivity contribution in [2.45, 2.75) is 39.2 Å². The lowest BCUT2D eigenvalue weighted by Crippen LogP contribution is -2.46. The van der Waals surface area contributed by atoms with Gasteiger partial charge in [0.1, 0.15) is 0 Å². The van der Waals surface area contributed by atoms with Gasteiger partial charge in [-0.2, -0.15) is 0 Å². The minimum absolute atomic E-state index is 0.0110. The lowest BCUT2D eigenvalue weighted by molar-refractivity contribution is -0.144. The molecule has 2 saturated heterocycles. The fourth-order valence-corrected chi connectivity index (χ4v) is 2.41. The number of nitrogens with one attached hydrogen (secondary N) is 1. The predicted molar refractivity (Wildman–Crippen MR) is 56.1 cm³/mol. The van der Waals surface area contributed by atoms with Crippen LogP contribution >= 0.6 is 0 Å². The molecule has 2 heterocycles. The topological polar surface area (TPSA) is 49.4 Å². The molecule has 1 N–H and O–H groups in total. The molecule has 0 spiro atoms. The number of amides is 2. The molecule has 84 valence electrons. The van der Waals surface area contributed by atoms with E-state index in [1.165, 1.54) is 4.90 Å². The SMILES string of the molecule is CC1(C)CC(=O)N(C2CCNCC2)C1=O. The van der Waals surface area contributed by atoms with Gasteiger partial charge in [-0.05, 0) is 25.9 Å². The maximum Gasteiger partial charge on any atom is 0.235 e. The molecule has 0 aromatic heterocycles. The van der Waals surface area contributed by atoms with Gasteiger partial charge in [-0.1, -0.05) is 13.8 Å². The van der Waals surface area contributed by atoms with Crippen LogP contribution in [0.3, 0.4) is 0 Å². The second kappa shape index (κ2) is 3.59. The Bertz CT molecular complexity index is 293. The first-order valence-electron chi connectivity index (χ1n) is 5.59. The highest BCUT2D eigenvalue weighted by atomic mass is 16.2. The van der Waals surface area contributed by atoms with Crippen LogP contribution in [0.1, 0.15) is 33.1 Å². The number of rotatable bonds is 1. The van der Waals surface area contributed by atoms with E-state index in [0.29, 0.717) is 6.42 Å². The van der Waals surface area contributed by atoms with Gasteiger partial charge in [0.15, 0.2) is 0 Å². The van der Waals surface area contributed by atoms with Crippen molar-refractivity contribution in [1.82, 2.24) is 10.2 Å². The molecular formula is C11H18N2O2. The Morgan fingerprint density at radius 2 is 1.87 bits per heavy atom. The van der Waals surface area contributed by atoms with E-state index in [9.17, 15) is 9.59 Å². The summed E-state index contributed by atoms with van der Waals surface area (Å²) in [7, 11) is 0. The van der Waals surface area contributed by atoms with Crippen LogP contribution < -0.4 is 5.32 Å². The summed E-state index contributed by atoms with van der Waals surface area (Å²) in [5, 5.41) is 3.24. The van der Waals surface area contributed by atoms with Gasteiger partial charge in [-0.15, -0.1) is 0 Å². The van der Waals surface area contributed by atoms with Crippen LogP contribution in [-0.4, -0.2) is 35.8 Å². The second-order valence-corrected chi connectivity index (χ2v) is 5.11. The summed E-state index contributed by atoms with van der Waals surface area (Å²) < 4.78 is 0. The molecule has 0 atom stereocenters. The Labute approximate surface area is 90.0 Å². The molecule has 4 heteroatoms. The van der Waals surface area contributed by atoms with Crippen molar-refractivity contribution in [3.05, 3.63) is 0 Å². The third kappa shape index (κ3) is 1.78. The van der Waals surface area contributed by atoms with Gasteiger partial charge in [0, 0.05) is 12.5 Å². The van der Waals surface area contributed by atoms with E-state index >= 15 is 0 Å². The van der Waals surface area contributed by atoms with Gasteiger partial charge >= 0.3 is 0 Å². The first kappa shape index (κ1) is 10.6. The third-order valence-corrected chi connectivity index (χ3v) is 3.33. The summed E-state index contributed by atoms with van der Waals surface area (Å²) >= 11 is 0. The molecule has 4 nitrogen and oxygen atoms in total. The van der Waals surface area contributed by atoms with Crippen LogP contribution in [0.4, 0.5) is 0 Å². The smallest absolute Gasteiger partial charge is 0.235 e. The molecule has 2 amide bonds. The van der Waals surface area contributed by atoms with E-state index in [1.54, 1.807) is 0 Å². The van der Waals surface area contributed by atoms with Gasteiger partial charge in [0.05, 0.1) is 5.41 Å². The summed E-state index contributed by atoms with van der Waals surface area (Å²) in [5.74, 6) is 0.0244. The monoisotopic (exact) mass is 210 g/mol. The van der Waals surface area contributed by atoms with E-state index in [-0.39, 0.29) is 17.9 Å². The number of carbonyl (C=O) groups excluding carboxylic acids is 2. The van der Waals surface area contributed by atoms with E-state index in [4.69, 9.17) is 0 Å². The lowest BCUT2D eigenvalue weighted by Gasteiger charge is -2.30. The Hall–Kier alpha value is -0.900. The average Bonchev–Trinajstić information content (AvgIpc) is 2.38. The van der Waals surface area contributed by atoms with Crippen LogP contribution in [-0.2, 0) is 9.59 Å². The van der Waals surface area contributed by atoms with E-state index in [1.807, 2.05) is 13.8 Å². The number of hydrogen-bond donors (Lipinski definition) is 1. The largest absolute Gasteiger partial charge is 0.317 e. The zero-order valence-corrected chi connectivity index (χ0v) is 9.38. The van der Waals surface area contributed by atoms with Crippen LogP contribution in [0, 0.1) is 5.41 Å². The first-order chi connectivity index (χ1) is 7.02. The van der Waals surface area contributed by atoms with Crippen molar-refractivity contribution in [3.8, 4) is 0 Å². The standard InChI is InChI=1S/C11H18N2O2/c1-11(2)7-9(14)13(10(11)15)8-3-5-12-6-4-8/h8,12H,3-7H2,1-2H3. The molecule has 0 aliphatic carbocycles. The van der Waals surface area contributed by atoms with Gasteiger partial charge in [0.25, 0.3) is 0 Å². The number of carbonyl (C=O) groups is 2. The Morgan fingerprint density at radius 1 is 1.27 bits per heavy atom. The van der Waals surface area contributed by atoms with Gasteiger partial charge in [0.2, 0.25) is 11.8 Å². The number of piperidine rings is 1. The van der Waals surface area contributed by atoms with Crippen molar-refractivity contribution in [2.24, 2.45) is 5.41 Å². The molecule has 0 aromatic rings. The molecule has 2 aliphatic heterocycles. The molecule has 15 heavy (non-hydrogen) atoms. The molecule has 0 aromatic carbocycles. The zero-order valence-electron chi connectivity index (χ0n) is 9.38. The van der Waals surface area contributed by atoms with E-state index < -0.39 is 5.41 Å². The summed E-state index contributed by atoms with van der Waals surface area (Å²) in [6.07, 6.45) is 2.16. The minimum Gasteiger partial charge on any atom is -0.317 e. The van der Waals surface area contributed by atoms with Gasteiger partial charge in [-0.3, -0.25) is 14.5 Å². The number of likely N-dealkylation sites (tertiary alicyclic amines) is 1. The summed E-state index contributed by atoms with van der Waals surface area (Å²) in [4.78, 5) is 25.3. The van der Waals surface area contributed by atoms with Crippen molar-refractivity contribution in [3.63, 3.8) is 0 Å². The van der Waals surface area contributed by atoms with Gasteiger partial charge < -0.3 is 5.32 Å². The van der Waals surface area contributed by atoms with Gasteiger partial charge in [-0.25, -0.2) is 0 Å². The van der Waals surface area contributed by atoms with Crippen molar-refractivity contribution in [2.75, 3.05) is 13.1 Å². The van der Waals surface area contributed by atoms with E-state index in [2.05, 4.69) is 5.32 Å². The third-order valence-electron chi connectivity index (χ3n) is 3.33. The fraction of sp³-hybridized carbons (Fsp3) is 0.818. The average molecular weight is 210 g/mol. The molecule has 0 unspecified atom stereocenters. The van der Waals surface area contributed by atoms with Crippen molar-refractivity contribution < 1.29 is 9.59 Å². The molecule has 0 radical (unpaired) electrons. The molecular weight excluding hydrogens is 192 g/mol. The highest BCUT2D eigenvalue weighted by molar-refractivity contribution is 6.05. The number of hydrogen-bond acceptors (Lipinski definition) is 3. The van der Waals surface area contributed by atoms with Crippen molar-refractivity contribution >= 4 is 11.8 Å². The maximum atomic E-state index is 12.0. The molecule has 0 saturated carbocycles.